The van der Waals surface area contributed by atoms with Crippen molar-refractivity contribution >= 4 is 108 Å². The van der Waals surface area contributed by atoms with Gasteiger partial charge >= 0.3 is 18.6 Å². The molecular formula is C59H48N9OP3+2. The molecule has 0 atom stereocenters. The summed E-state index contributed by atoms with van der Waals surface area (Å²) < 4.78 is 31.7. The van der Waals surface area contributed by atoms with Crippen molar-refractivity contribution < 1.29 is 4.57 Å². The summed E-state index contributed by atoms with van der Waals surface area (Å²) in [4.78, 5) is 17.7. The molecule has 10 nitrogen and oxygen atoms in total. The minimum absolute atomic E-state index is 0.183. The van der Waals surface area contributed by atoms with Crippen molar-refractivity contribution in [2.24, 2.45) is 0 Å². The molecule has 0 saturated heterocycles. The lowest BCUT2D eigenvalue weighted by Crippen LogP contribution is -2.47. The molecule has 72 heavy (non-hydrogen) atoms. The third-order valence-corrected chi connectivity index (χ3v) is 23.3. The highest BCUT2D eigenvalue weighted by Crippen LogP contribution is 2.78. The van der Waals surface area contributed by atoms with E-state index in [1.54, 1.807) is 0 Å². The highest BCUT2D eigenvalue weighted by Gasteiger charge is 2.66. The summed E-state index contributed by atoms with van der Waals surface area (Å²) in [5, 5.41) is 0. The summed E-state index contributed by atoms with van der Waals surface area (Å²) in [5.74, 6) is 0. The van der Waals surface area contributed by atoms with Gasteiger partial charge in [0.1, 0.15) is 22.7 Å². The van der Waals surface area contributed by atoms with Gasteiger partial charge in [-0.05, 0) is 109 Å². The Hall–Kier alpha value is -8.12. The Balaban J connectivity index is 1.18. The molecule has 9 aromatic carbocycles. The average molecular weight is 992 g/mol. The minimum atomic E-state index is -4.21. The van der Waals surface area contributed by atoms with Crippen LogP contribution in [0.2, 0.25) is 0 Å². The Kier molecular flexibility index (Phi) is 10.6. The van der Waals surface area contributed by atoms with E-state index in [1.807, 2.05) is 94.3 Å². The molecule has 4 heterocycles. The first-order valence-corrected chi connectivity index (χ1v) is 29.8. The Morgan fingerprint density at radius 3 is 0.778 bits per heavy atom. The molecule has 348 valence electrons. The van der Waals surface area contributed by atoms with Crippen LogP contribution in [0.15, 0.2) is 255 Å². The molecule has 0 aliphatic carbocycles. The number of aromatic nitrogens is 3. The van der Waals surface area contributed by atoms with E-state index in [9.17, 15) is 0 Å². The second-order valence-corrected chi connectivity index (χ2v) is 26.3. The number of nitrogens with zero attached hydrogens (tertiary/aromatic N) is 9. The summed E-state index contributed by atoms with van der Waals surface area (Å²) in [5.41, 5.74) is 12.4. The fraction of sp³-hybridized carbons (Fsp3) is 0.0339. The Morgan fingerprint density at radius 1 is 0.292 bits per heavy atom. The van der Waals surface area contributed by atoms with E-state index in [4.69, 9.17) is 15.0 Å². The van der Waals surface area contributed by atoms with Gasteiger partial charge in [-0.1, -0.05) is 146 Å². The number of hydrogen-bond donors (Lipinski definition) is 0. The summed E-state index contributed by atoms with van der Waals surface area (Å²) in [6.45, 7) is 4.60. The number of fused-ring (bicyclic) bond motifs is 3. The molecule has 0 radical (unpaired) electrons. The van der Waals surface area contributed by atoms with Crippen LogP contribution in [0.1, 0.15) is 0 Å². The number of rotatable bonds is 9. The smallest absolute Gasteiger partial charge is 0.267 e. The Bertz CT molecular complexity index is 3290. The molecule has 3 aliphatic heterocycles. The van der Waals surface area contributed by atoms with Crippen LogP contribution in [0.3, 0.4) is 0 Å². The van der Waals surface area contributed by atoms with Gasteiger partial charge in [-0.15, -0.1) is 4.98 Å². The fourth-order valence-electron chi connectivity index (χ4n) is 10.7. The lowest BCUT2D eigenvalue weighted by atomic mass is 10.2. The molecule has 0 spiro atoms. The minimum Gasteiger partial charge on any atom is -0.267 e. The van der Waals surface area contributed by atoms with E-state index in [2.05, 4.69) is 202 Å². The summed E-state index contributed by atoms with van der Waals surface area (Å²) in [6.07, 6.45) is 0. The lowest BCUT2D eigenvalue weighted by molar-refractivity contribution is 0.581. The predicted molar refractivity (Wildman–Crippen MR) is 303 cm³/mol. The van der Waals surface area contributed by atoms with Gasteiger partial charge < -0.3 is 0 Å². The molecule has 1 aromatic heterocycles. The first-order chi connectivity index (χ1) is 35.4. The molecule has 0 fully saturated rings. The number of benzene rings is 9. The van der Waals surface area contributed by atoms with Crippen LogP contribution in [-0.4, -0.2) is 28.3 Å². The van der Waals surface area contributed by atoms with Gasteiger partial charge in [0.05, 0.1) is 47.5 Å². The molecular weight excluding hydrogens is 944 g/mol. The highest BCUT2D eigenvalue weighted by molar-refractivity contribution is 7.87. The van der Waals surface area contributed by atoms with Crippen LogP contribution in [0.4, 0.5) is 68.2 Å². The molecule has 0 unspecified atom stereocenters. The van der Waals surface area contributed by atoms with E-state index in [0.29, 0.717) is 11.1 Å². The quantitative estimate of drug-likeness (QED) is 0.131. The van der Waals surface area contributed by atoms with Crippen molar-refractivity contribution in [3.05, 3.63) is 255 Å². The van der Waals surface area contributed by atoms with Crippen LogP contribution in [0.25, 0.3) is 0 Å². The van der Waals surface area contributed by atoms with Crippen molar-refractivity contribution in [2.45, 2.75) is 0 Å². The number of para-hydroxylation sites is 12. The van der Waals surface area contributed by atoms with E-state index < -0.39 is 22.6 Å². The van der Waals surface area contributed by atoms with Gasteiger partial charge in [0.15, 0.2) is 0 Å². The van der Waals surface area contributed by atoms with Crippen molar-refractivity contribution in [3.8, 4) is 0 Å². The zero-order chi connectivity index (χ0) is 48.4. The van der Waals surface area contributed by atoms with Crippen LogP contribution >= 0.6 is 22.6 Å². The normalized spacial score (nSPS) is 15.9. The maximum Gasteiger partial charge on any atom is 0.338 e. The zero-order valence-corrected chi connectivity index (χ0v) is 42.2. The Morgan fingerprint density at radius 2 is 0.514 bits per heavy atom. The van der Waals surface area contributed by atoms with Crippen molar-refractivity contribution in [1.82, 2.24) is 15.0 Å². The largest absolute Gasteiger partial charge is 0.338 e. The topological polar surface area (TPSA) is 75.2 Å². The van der Waals surface area contributed by atoms with Crippen LogP contribution in [0.5, 0.6) is 0 Å². The van der Waals surface area contributed by atoms with Gasteiger partial charge in [0, 0.05) is 11.4 Å². The van der Waals surface area contributed by atoms with Crippen molar-refractivity contribution in [1.29, 1.82) is 0 Å². The molecule has 0 amide bonds. The SMILES string of the molecule is C[P+]1(c2nc(P3(=O)N(c4ccccc4)c4ccccc4N3c3ccccc3)nc([P+]3(C)N(c4ccccc4)c4ccccc4N3c3ccccc3)n2)N(c2ccccc2)c2ccccc2N1c1ccccc1. The van der Waals surface area contributed by atoms with E-state index in [-0.39, 0.29) is 5.57 Å². The monoisotopic (exact) mass is 991 g/mol. The first kappa shape index (κ1) is 43.9. The van der Waals surface area contributed by atoms with E-state index in [1.165, 1.54) is 0 Å². The van der Waals surface area contributed by atoms with E-state index in [0.717, 1.165) is 68.2 Å². The summed E-state index contributed by atoms with van der Waals surface area (Å²) in [6, 6.07) is 87.4. The Labute approximate surface area is 421 Å². The third-order valence-electron chi connectivity index (χ3n) is 13.7. The summed E-state index contributed by atoms with van der Waals surface area (Å²) in [7, 11) is -10.4. The van der Waals surface area contributed by atoms with Gasteiger partial charge in [0.2, 0.25) is 5.57 Å². The highest BCUT2D eigenvalue weighted by atomic mass is 31.2. The maximum absolute atomic E-state index is 18.0. The number of hydrogen-bond acceptors (Lipinski definition) is 8. The molecule has 13 rings (SSSR count). The van der Waals surface area contributed by atoms with Gasteiger partial charge in [0.25, 0.3) is 15.1 Å². The first-order valence-electron chi connectivity index (χ1n) is 23.9. The fourth-order valence-corrected chi connectivity index (χ4v) is 20.7. The van der Waals surface area contributed by atoms with Crippen molar-refractivity contribution in [2.75, 3.05) is 41.4 Å². The molecule has 0 N–H and O–H groups in total. The second kappa shape index (κ2) is 17.3. The molecule has 0 saturated carbocycles. The average Bonchev–Trinajstić information content (AvgIpc) is 4.00. The standard InChI is InChI=1S/C59H48N9OP3/c1-70(63(45-27-9-3-10-28-45)51-39-21-22-40-52(51)64(70)46-29-11-4-12-30-46)57-60-58(71(2)65(47-31-13-5-14-32-47)53-41-23-24-42-54(53)66(71)48-33-15-6-16-34-48)62-59(61-57)72(69)67(49-35-17-7-18-36-49)55-43-25-26-44-56(55)68(72)50-37-19-8-20-38-50/h3-44H,1-2H3/q+2. The number of anilines is 12. The van der Waals surface area contributed by atoms with Gasteiger partial charge in [-0.25, -0.2) is 0 Å². The maximum atomic E-state index is 18.0. The van der Waals surface area contributed by atoms with Gasteiger partial charge in [-0.2, -0.15) is 28.6 Å². The van der Waals surface area contributed by atoms with Crippen LogP contribution in [0, 0.1) is 0 Å². The second-order valence-electron chi connectivity index (χ2n) is 18.0. The lowest BCUT2D eigenvalue weighted by Gasteiger charge is -2.36. The predicted octanol–water partition coefficient (Wildman–Crippen LogP) is 14.9. The molecule has 0 bridgehead atoms. The molecule has 3 aliphatic rings. The molecule has 13 heteroatoms. The third kappa shape index (κ3) is 6.57. The van der Waals surface area contributed by atoms with E-state index >= 15 is 4.57 Å². The molecule has 10 aromatic rings. The van der Waals surface area contributed by atoms with Gasteiger partial charge in [-0.3, -0.25) is 13.9 Å². The zero-order valence-electron chi connectivity index (χ0n) is 39.5. The van der Waals surface area contributed by atoms with Crippen LogP contribution in [-0.2, 0) is 4.57 Å². The van der Waals surface area contributed by atoms with Crippen LogP contribution < -0.4 is 44.7 Å². The summed E-state index contributed by atoms with van der Waals surface area (Å²) >= 11 is 0. The van der Waals surface area contributed by atoms with Crippen molar-refractivity contribution in [3.63, 3.8) is 0 Å².